The van der Waals surface area contributed by atoms with E-state index in [0.717, 1.165) is 19.4 Å². The van der Waals surface area contributed by atoms with Crippen LogP contribution in [0.5, 0.6) is 0 Å². The van der Waals surface area contributed by atoms with Crippen LogP contribution < -0.4 is 0 Å². The summed E-state index contributed by atoms with van der Waals surface area (Å²) in [5.74, 6) is -0.0759. The third kappa shape index (κ3) is 9.04. The van der Waals surface area contributed by atoms with Crippen LogP contribution in [0.15, 0.2) is 0 Å². The molecule has 0 N–H and O–H groups in total. The van der Waals surface area contributed by atoms with E-state index in [1.54, 1.807) is 0 Å². The Morgan fingerprint density at radius 1 is 1.11 bits per heavy atom. The van der Waals surface area contributed by atoms with E-state index in [2.05, 4.69) is 46.4 Å². The molecule has 0 aliphatic heterocycles. The third-order valence-corrected chi connectivity index (χ3v) is 3.14. The van der Waals surface area contributed by atoms with Crippen molar-refractivity contribution in [3.8, 4) is 0 Å². The van der Waals surface area contributed by atoms with Gasteiger partial charge in [-0.1, -0.05) is 41.5 Å². The zero-order valence-corrected chi connectivity index (χ0v) is 14.2. The van der Waals surface area contributed by atoms with Gasteiger partial charge in [0.15, 0.2) is 0 Å². The smallest absolute Gasteiger partial charge is 0.309 e. The summed E-state index contributed by atoms with van der Waals surface area (Å²) in [4.78, 5) is 14.4. The summed E-state index contributed by atoms with van der Waals surface area (Å²) < 4.78 is 5.46. The highest BCUT2D eigenvalue weighted by Crippen LogP contribution is 2.36. The van der Waals surface area contributed by atoms with Crippen molar-refractivity contribution in [3.63, 3.8) is 0 Å². The molecular weight excluding hydrogens is 238 g/mol. The second-order valence-electron chi connectivity index (χ2n) is 8.01. The summed E-state index contributed by atoms with van der Waals surface area (Å²) in [6.45, 7) is 14.3. The minimum Gasteiger partial charge on any atom is -0.465 e. The first-order chi connectivity index (χ1) is 8.43. The first-order valence-corrected chi connectivity index (χ1v) is 7.25. The monoisotopic (exact) mass is 271 g/mol. The van der Waals surface area contributed by atoms with Crippen LogP contribution in [0.4, 0.5) is 0 Å². The summed E-state index contributed by atoms with van der Waals surface area (Å²) in [5.41, 5.74) is 0.0898. The Balaban J connectivity index is 4.41. The molecule has 19 heavy (non-hydrogen) atoms. The van der Waals surface area contributed by atoms with Gasteiger partial charge in [0.1, 0.15) is 0 Å². The van der Waals surface area contributed by atoms with Crippen LogP contribution in [-0.4, -0.2) is 38.1 Å². The summed E-state index contributed by atoms with van der Waals surface area (Å²) in [6, 6.07) is 0. The van der Waals surface area contributed by atoms with E-state index in [1.807, 2.05) is 14.1 Å². The van der Waals surface area contributed by atoms with Crippen LogP contribution in [0.25, 0.3) is 0 Å². The zero-order chi connectivity index (χ0) is 15.3. The Bertz CT molecular complexity index is 271. The summed E-state index contributed by atoms with van der Waals surface area (Å²) in [6.07, 6.45) is 1.76. The predicted octanol–water partition coefficient (Wildman–Crippen LogP) is 3.58. The molecule has 0 spiro atoms. The largest absolute Gasteiger partial charge is 0.465 e. The first-order valence-electron chi connectivity index (χ1n) is 7.25. The average Bonchev–Trinajstić information content (AvgIpc) is 2.17. The highest BCUT2D eigenvalue weighted by molar-refractivity contribution is 5.73. The summed E-state index contributed by atoms with van der Waals surface area (Å²) >= 11 is 0. The third-order valence-electron chi connectivity index (χ3n) is 3.14. The lowest BCUT2D eigenvalue weighted by molar-refractivity contribution is -0.154. The molecule has 0 bridgehead atoms. The van der Waals surface area contributed by atoms with Crippen molar-refractivity contribution < 1.29 is 9.53 Å². The van der Waals surface area contributed by atoms with Crippen molar-refractivity contribution in [2.45, 2.75) is 54.4 Å². The SMILES string of the molecule is CN(C)CCCOC(=O)C(CC(C)(C)C)C(C)(C)C. The van der Waals surface area contributed by atoms with Crippen LogP contribution in [0, 0.1) is 16.7 Å². The van der Waals surface area contributed by atoms with E-state index in [4.69, 9.17) is 4.74 Å². The molecule has 0 radical (unpaired) electrons. The van der Waals surface area contributed by atoms with Gasteiger partial charge in [-0.25, -0.2) is 0 Å². The van der Waals surface area contributed by atoms with Gasteiger partial charge in [-0.15, -0.1) is 0 Å². The maximum Gasteiger partial charge on any atom is 0.309 e. The van der Waals surface area contributed by atoms with Crippen LogP contribution in [0.1, 0.15) is 54.4 Å². The molecule has 0 rings (SSSR count). The second kappa shape index (κ2) is 7.28. The molecule has 0 aliphatic carbocycles. The fourth-order valence-corrected chi connectivity index (χ4v) is 2.01. The average molecular weight is 271 g/mol. The van der Waals surface area contributed by atoms with Crippen molar-refractivity contribution in [2.75, 3.05) is 27.2 Å². The van der Waals surface area contributed by atoms with Gasteiger partial charge in [0.05, 0.1) is 12.5 Å². The van der Waals surface area contributed by atoms with E-state index in [9.17, 15) is 4.79 Å². The summed E-state index contributed by atoms with van der Waals surface area (Å²) in [7, 11) is 4.05. The van der Waals surface area contributed by atoms with Gasteiger partial charge in [-0.3, -0.25) is 4.79 Å². The topological polar surface area (TPSA) is 29.5 Å². The van der Waals surface area contributed by atoms with E-state index in [-0.39, 0.29) is 22.7 Å². The van der Waals surface area contributed by atoms with Crippen molar-refractivity contribution >= 4 is 5.97 Å². The lowest BCUT2D eigenvalue weighted by Gasteiger charge is -2.33. The van der Waals surface area contributed by atoms with Crippen LogP contribution in [-0.2, 0) is 9.53 Å². The van der Waals surface area contributed by atoms with Gasteiger partial charge in [0.2, 0.25) is 0 Å². The van der Waals surface area contributed by atoms with E-state index in [0.29, 0.717) is 6.61 Å². The molecule has 0 fully saturated rings. The number of esters is 1. The number of ether oxygens (including phenoxy) is 1. The predicted molar refractivity (Wildman–Crippen MR) is 81.1 cm³/mol. The molecule has 0 amide bonds. The fraction of sp³-hybridized carbons (Fsp3) is 0.938. The lowest BCUT2D eigenvalue weighted by Crippen LogP contribution is -2.34. The van der Waals surface area contributed by atoms with Crippen LogP contribution >= 0.6 is 0 Å². The highest BCUT2D eigenvalue weighted by Gasteiger charge is 2.35. The van der Waals surface area contributed by atoms with Crippen LogP contribution in [0.2, 0.25) is 0 Å². The normalized spacial score (nSPS) is 14.6. The Morgan fingerprint density at radius 3 is 2.00 bits per heavy atom. The van der Waals surface area contributed by atoms with Crippen molar-refractivity contribution in [1.82, 2.24) is 4.90 Å². The number of carbonyl (C=O) groups excluding carboxylic acids is 1. The molecule has 0 saturated heterocycles. The lowest BCUT2D eigenvalue weighted by atomic mass is 9.72. The van der Waals surface area contributed by atoms with E-state index >= 15 is 0 Å². The molecule has 3 heteroatoms. The molecular formula is C16H33NO2. The number of hydrogen-bond acceptors (Lipinski definition) is 3. The van der Waals surface area contributed by atoms with E-state index < -0.39 is 0 Å². The molecule has 0 aliphatic rings. The number of rotatable bonds is 6. The molecule has 0 aromatic carbocycles. The summed E-state index contributed by atoms with van der Waals surface area (Å²) in [5, 5.41) is 0. The van der Waals surface area contributed by atoms with Crippen molar-refractivity contribution in [3.05, 3.63) is 0 Å². The Labute approximate surface area is 119 Å². The van der Waals surface area contributed by atoms with Gasteiger partial charge >= 0.3 is 5.97 Å². The van der Waals surface area contributed by atoms with Gasteiger partial charge in [0.25, 0.3) is 0 Å². The zero-order valence-electron chi connectivity index (χ0n) is 14.2. The molecule has 0 heterocycles. The number of carbonyl (C=O) groups is 1. The molecule has 0 saturated carbocycles. The Kier molecular flexibility index (Phi) is 7.06. The van der Waals surface area contributed by atoms with Crippen LogP contribution in [0.3, 0.4) is 0 Å². The molecule has 1 unspecified atom stereocenters. The number of hydrogen-bond donors (Lipinski definition) is 0. The van der Waals surface area contributed by atoms with E-state index in [1.165, 1.54) is 0 Å². The second-order valence-corrected chi connectivity index (χ2v) is 8.01. The quantitative estimate of drug-likeness (QED) is 0.546. The van der Waals surface area contributed by atoms with Gasteiger partial charge < -0.3 is 9.64 Å². The fourth-order valence-electron chi connectivity index (χ4n) is 2.01. The molecule has 1 atom stereocenters. The maximum atomic E-state index is 12.3. The molecule has 3 nitrogen and oxygen atoms in total. The standard InChI is InChI=1S/C16H33NO2/c1-15(2,3)12-13(16(4,5)6)14(18)19-11-9-10-17(7)8/h13H,9-12H2,1-8H3. The minimum atomic E-state index is -0.0497. The minimum absolute atomic E-state index is 0.0353. The maximum absolute atomic E-state index is 12.3. The number of nitrogens with zero attached hydrogens (tertiary/aromatic N) is 1. The molecule has 0 aromatic rings. The van der Waals surface area contributed by atoms with Crippen molar-refractivity contribution in [2.24, 2.45) is 16.7 Å². The molecule has 0 aromatic heterocycles. The van der Waals surface area contributed by atoms with Gasteiger partial charge in [0, 0.05) is 6.54 Å². The van der Waals surface area contributed by atoms with Gasteiger partial charge in [-0.2, -0.15) is 0 Å². The molecule has 114 valence electrons. The highest BCUT2D eigenvalue weighted by atomic mass is 16.5. The Morgan fingerprint density at radius 2 is 1.63 bits per heavy atom. The Hall–Kier alpha value is -0.570. The van der Waals surface area contributed by atoms with Crippen molar-refractivity contribution in [1.29, 1.82) is 0 Å². The first kappa shape index (κ1) is 18.4. The van der Waals surface area contributed by atoms with Gasteiger partial charge in [-0.05, 0) is 37.8 Å².